The summed E-state index contributed by atoms with van der Waals surface area (Å²) in [7, 11) is 1.27. The molecule has 9 nitrogen and oxygen atoms in total. The third-order valence-corrected chi connectivity index (χ3v) is 7.74. The first-order valence-corrected chi connectivity index (χ1v) is 12.2. The molecule has 0 bridgehead atoms. The van der Waals surface area contributed by atoms with Crippen LogP contribution in [0.4, 0.5) is 11.5 Å². The van der Waals surface area contributed by atoms with Crippen molar-refractivity contribution in [3.05, 3.63) is 33.1 Å². The van der Waals surface area contributed by atoms with Crippen LogP contribution >= 0.6 is 22.7 Å². The smallest absolute Gasteiger partial charge is 0.350 e. The molecule has 33 heavy (non-hydrogen) atoms. The van der Waals surface area contributed by atoms with E-state index in [1.54, 1.807) is 29.1 Å². The summed E-state index contributed by atoms with van der Waals surface area (Å²) in [6.45, 7) is 5.10. The SMILES string of the molecule is COC(=O)c1sccc1NC(=O)COC(=O)C1CCN(c2ncnc3sc(C)c(C)c23)CC1. The zero-order valence-electron chi connectivity index (χ0n) is 18.5. The van der Waals surface area contributed by atoms with Crippen LogP contribution in [0.1, 0.15) is 33.0 Å². The second kappa shape index (κ2) is 9.84. The van der Waals surface area contributed by atoms with E-state index in [4.69, 9.17) is 4.74 Å². The number of aryl methyl sites for hydroxylation is 2. The molecule has 0 radical (unpaired) electrons. The second-order valence-electron chi connectivity index (χ2n) is 7.73. The zero-order valence-corrected chi connectivity index (χ0v) is 20.2. The molecule has 1 saturated heterocycles. The molecule has 11 heteroatoms. The fourth-order valence-electron chi connectivity index (χ4n) is 3.83. The van der Waals surface area contributed by atoms with Crippen LogP contribution in [-0.4, -0.2) is 54.6 Å². The zero-order chi connectivity index (χ0) is 23.5. The number of thiophene rings is 2. The Labute approximate surface area is 198 Å². The number of ether oxygens (including phenoxy) is 2. The van der Waals surface area contributed by atoms with Crippen molar-refractivity contribution in [1.82, 2.24) is 9.97 Å². The number of hydrogen-bond donors (Lipinski definition) is 1. The Hall–Kier alpha value is -3.05. The first-order chi connectivity index (χ1) is 15.9. The summed E-state index contributed by atoms with van der Waals surface area (Å²) in [5, 5.41) is 5.34. The number of aromatic nitrogens is 2. The van der Waals surface area contributed by atoms with Crippen molar-refractivity contribution in [2.75, 3.05) is 37.0 Å². The summed E-state index contributed by atoms with van der Waals surface area (Å²) in [6.07, 6.45) is 2.82. The number of carbonyl (C=O) groups excluding carboxylic acids is 3. The van der Waals surface area contributed by atoms with E-state index in [1.807, 2.05) is 0 Å². The number of rotatable bonds is 6. The predicted molar refractivity (Wildman–Crippen MR) is 127 cm³/mol. The molecular formula is C22H24N4O5S2. The first-order valence-electron chi connectivity index (χ1n) is 10.5. The average molecular weight is 489 g/mol. The van der Waals surface area contributed by atoms with Crippen LogP contribution in [0.25, 0.3) is 10.2 Å². The summed E-state index contributed by atoms with van der Waals surface area (Å²) in [4.78, 5) is 50.0. The highest BCUT2D eigenvalue weighted by molar-refractivity contribution is 7.18. The summed E-state index contributed by atoms with van der Waals surface area (Å²) >= 11 is 2.82. The number of hydrogen-bond acceptors (Lipinski definition) is 10. The highest BCUT2D eigenvalue weighted by Crippen LogP contribution is 2.35. The van der Waals surface area contributed by atoms with Crippen molar-refractivity contribution < 1.29 is 23.9 Å². The van der Waals surface area contributed by atoms with Gasteiger partial charge in [0, 0.05) is 18.0 Å². The van der Waals surface area contributed by atoms with E-state index < -0.39 is 24.5 Å². The number of nitrogens with one attached hydrogen (secondary N) is 1. The standard InChI is InChI=1S/C22H24N4O5S2/c1-12-13(2)33-20-17(12)19(23-11-24-20)26-7-4-14(5-8-26)21(28)31-10-16(27)25-15-6-9-32-18(15)22(29)30-3/h6,9,11,14H,4-5,7-8,10H2,1-3H3,(H,25,27). The van der Waals surface area contributed by atoms with Gasteiger partial charge in [0.05, 0.1) is 24.1 Å². The van der Waals surface area contributed by atoms with Gasteiger partial charge >= 0.3 is 11.9 Å². The van der Waals surface area contributed by atoms with Crippen molar-refractivity contribution in [1.29, 1.82) is 0 Å². The molecule has 3 aromatic heterocycles. The van der Waals surface area contributed by atoms with Crippen LogP contribution in [-0.2, 0) is 19.1 Å². The highest BCUT2D eigenvalue weighted by atomic mass is 32.1. The summed E-state index contributed by atoms with van der Waals surface area (Å²) < 4.78 is 9.94. The molecule has 1 N–H and O–H groups in total. The minimum absolute atomic E-state index is 0.275. The molecule has 0 aliphatic carbocycles. The van der Waals surface area contributed by atoms with Crippen molar-refractivity contribution >= 4 is 62.2 Å². The first kappa shape index (κ1) is 23.1. The number of nitrogens with zero attached hydrogens (tertiary/aromatic N) is 3. The monoisotopic (exact) mass is 488 g/mol. The fourth-order valence-corrected chi connectivity index (χ4v) is 5.59. The van der Waals surface area contributed by atoms with E-state index in [0.717, 1.165) is 27.4 Å². The van der Waals surface area contributed by atoms with Gasteiger partial charge in [-0.15, -0.1) is 22.7 Å². The van der Waals surface area contributed by atoms with Gasteiger partial charge in [-0.25, -0.2) is 14.8 Å². The quantitative estimate of drug-likeness (QED) is 0.525. The Kier molecular flexibility index (Phi) is 6.89. The van der Waals surface area contributed by atoms with Crippen LogP contribution in [0.5, 0.6) is 0 Å². The lowest BCUT2D eigenvalue weighted by molar-refractivity contribution is -0.152. The second-order valence-corrected chi connectivity index (χ2v) is 9.85. The van der Waals surface area contributed by atoms with Gasteiger partial charge in [-0.2, -0.15) is 0 Å². The number of esters is 2. The Morgan fingerprint density at radius 1 is 1.21 bits per heavy atom. The van der Waals surface area contributed by atoms with E-state index in [9.17, 15) is 14.4 Å². The van der Waals surface area contributed by atoms with Gasteiger partial charge in [-0.1, -0.05) is 0 Å². The molecule has 1 fully saturated rings. The molecule has 1 aliphatic heterocycles. The van der Waals surface area contributed by atoms with Gasteiger partial charge in [0.1, 0.15) is 21.9 Å². The molecule has 0 atom stereocenters. The molecule has 0 aromatic carbocycles. The van der Waals surface area contributed by atoms with Crippen molar-refractivity contribution in [3.8, 4) is 0 Å². The third kappa shape index (κ3) is 4.83. The maximum absolute atomic E-state index is 12.5. The average Bonchev–Trinajstić information content (AvgIpc) is 3.40. The van der Waals surface area contributed by atoms with Gasteiger partial charge < -0.3 is 19.7 Å². The number of anilines is 2. The number of piperidine rings is 1. The van der Waals surface area contributed by atoms with Crippen LogP contribution in [0.2, 0.25) is 0 Å². The molecule has 174 valence electrons. The minimum Gasteiger partial charge on any atom is -0.465 e. The number of carbonyl (C=O) groups is 3. The minimum atomic E-state index is -0.530. The maximum Gasteiger partial charge on any atom is 0.350 e. The van der Waals surface area contributed by atoms with E-state index in [-0.39, 0.29) is 5.92 Å². The molecule has 1 amide bonds. The molecule has 0 spiro atoms. The lowest BCUT2D eigenvalue weighted by Crippen LogP contribution is -2.38. The van der Waals surface area contributed by atoms with E-state index in [1.165, 1.54) is 17.6 Å². The van der Waals surface area contributed by atoms with Crippen molar-refractivity contribution in [2.24, 2.45) is 5.92 Å². The van der Waals surface area contributed by atoms with Crippen molar-refractivity contribution in [3.63, 3.8) is 0 Å². The molecule has 0 saturated carbocycles. The maximum atomic E-state index is 12.5. The third-order valence-electron chi connectivity index (χ3n) is 5.73. The highest BCUT2D eigenvalue weighted by Gasteiger charge is 2.29. The Morgan fingerprint density at radius 3 is 2.70 bits per heavy atom. The topological polar surface area (TPSA) is 111 Å². The Morgan fingerprint density at radius 2 is 1.97 bits per heavy atom. The fraction of sp³-hybridized carbons (Fsp3) is 0.409. The van der Waals surface area contributed by atoms with Crippen LogP contribution in [0.3, 0.4) is 0 Å². The van der Waals surface area contributed by atoms with E-state index in [0.29, 0.717) is 36.5 Å². The summed E-state index contributed by atoms with van der Waals surface area (Å²) in [6, 6.07) is 1.60. The van der Waals surface area contributed by atoms with Gasteiger partial charge in [-0.3, -0.25) is 9.59 Å². The van der Waals surface area contributed by atoms with Gasteiger partial charge in [0.2, 0.25) is 0 Å². The number of fused-ring (bicyclic) bond motifs is 1. The molecule has 4 rings (SSSR count). The summed E-state index contributed by atoms with van der Waals surface area (Å²) in [5.74, 6) is -0.791. The van der Waals surface area contributed by atoms with Gasteiger partial charge in [0.25, 0.3) is 5.91 Å². The van der Waals surface area contributed by atoms with E-state index in [2.05, 4.69) is 38.8 Å². The Balaban J connectivity index is 1.30. The predicted octanol–water partition coefficient (Wildman–Crippen LogP) is 3.55. The normalized spacial score (nSPS) is 14.3. The van der Waals surface area contributed by atoms with Gasteiger partial charge in [0.15, 0.2) is 6.61 Å². The lowest BCUT2D eigenvalue weighted by atomic mass is 9.97. The van der Waals surface area contributed by atoms with E-state index >= 15 is 0 Å². The van der Waals surface area contributed by atoms with Crippen LogP contribution in [0, 0.1) is 19.8 Å². The molecule has 4 heterocycles. The molecule has 0 unspecified atom stereocenters. The molecule has 3 aromatic rings. The largest absolute Gasteiger partial charge is 0.465 e. The molecular weight excluding hydrogens is 464 g/mol. The lowest BCUT2D eigenvalue weighted by Gasteiger charge is -2.32. The van der Waals surface area contributed by atoms with Crippen LogP contribution < -0.4 is 10.2 Å². The summed E-state index contributed by atoms with van der Waals surface area (Å²) in [5.41, 5.74) is 1.54. The number of amides is 1. The Bertz CT molecular complexity index is 1200. The van der Waals surface area contributed by atoms with Crippen molar-refractivity contribution in [2.45, 2.75) is 26.7 Å². The molecule has 1 aliphatic rings. The number of methoxy groups -OCH3 is 1. The van der Waals surface area contributed by atoms with Crippen LogP contribution in [0.15, 0.2) is 17.8 Å². The van der Waals surface area contributed by atoms with Gasteiger partial charge in [-0.05, 0) is 43.7 Å².